The molecule has 0 saturated carbocycles. The molecule has 0 saturated heterocycles. The van der Waals surface area contributed by atoms with Crippen molar-refractivity contribution in [2.24, 2.45) is 0 Å². The third-order valence-electron chi connectivity index (χ3n) is 1.15. The monoisotopic (exact) mass is 186 g/mol. The van der Waals surface area contributed by atoms with Crippen molar-refractivity contribution < 1.29 is 31.8 Å². The first-order valence-corrected chi connectivity index (χ1v) is 2.78. The van der Waals surface area contributed by atoms with Crippen LogP contribution in [-0.4, -0.2) is 22.2 Å². The summed E-state index contributed by atoms with van der Waals surface area (Å²) in [5.41, 5.74) is 5.53. The van der Waals surface area contributed by atoms with Crippen LogP contribution in [0.5, 0.6) is 0 Å². The molecule has 4 nitrogen and oxygen atoms in total. The van der Waals surface area contributed by atoms with Gasteiger partial charge in [0.25, 0.3) is 0 Å². The molecule has 1 aromatic rings. The molecule has 0 aromatic carbocycles. The summed E-state index contributed by atoms with van der Waals surface area (Å²) < 4.78 is 0. The summed E-state index contributed by atoms with van der Waals surface area (Å²) in [4.78, 5) is 3.66. The number of hydrogen-bond acceptors (Lipinski definition) is 4. The molecule has 1 aromatic heterocycles. The fourth-order valence-electron chi connectivity index (χ4n) is 0.648. The molecule has 6 heteroatoms. The number of nitrogens with two attached hydrogens (primary N) is 1. The van der Waals surface area contributed by atoms with E-state index in [1.165, 1.54) is 12.3 Å². The van der Waals surface area contributed by atoms with Crippen LogP contribution < -0.4 is 11.2 Å². The molecule has 0 atom stereocenters. The van der Waals surface area contributed by atoms with Crippen LogP contribution in [0, 0.1) is 0 Å². The van der Waals surface area contributed by atoms with Gasteiger partial charge in [0.2, 0.25) is 0 Å². The van der Waals surface area contributed by atoms with Crippen LogP contribution in [0.1, 0.15) is 0 Å². The maximum atomic E-state index is 8.64. The summed E-state index contributed by atoms with van der Waals surface area (Å²) in [6.07, 6.45) is 1.49. The van der Waals surface area contributed by atoms with Crippen LogP contribution in [0.2, 0.25) is 0 Å². The molecule has 11 heavy (non-hydrogen) atoms. The van der Waals surface area contributed by atoms with Gasteiger partial charge in [0.05, 0.1) is 0 Å². The van der Waals surface area contributed by atoms with Crippen LogP contribution >= 0.6 is 0 Å². The third-order valence-corrected chi connectivity index (χ3v) is 1.15. The first-order chi connectivity index (χ1) is 4.72. The molecule has 0 aliphatic carbocycles. The van der Waals surface area contributed by atoms with Gasteiger partial charge in [-0.3, -0.25) is 0 Å². The average Bonchev–Trinajstić information content (AvgIpc) is 1.88. The van der Waals surface area contributed by atoms with E-state index in [4.69, 9.17) is 15.8 Å². The van der Waals surface area contributed by atoms with Gasteiger partial charge >= 0.3 is 7.12 Å². The molecule has 0 spiro atoms. The van der Waals surface area contributed by atoms with Crippen molar-refractivity contribution in [1.29, 1.82) is 0 Å². The van der Waals surface area contributed by atoms with E-state index in [-0.39, 0.29) is 33.0 Å². The Morgan fingerprint density at radius 3 is 2.45 bits per heavy atom. The fraction of sp³-hybridized carbons (Fsp3) is 0. The predicted molar refractivity (Wildman–Crippen MR) is 38.5 cm³/mol. The normalized spacial score (nSPS) is 8.55. The van der Waals surface area contributed by atoms with Crippen LogP contribution in [0.15, 0.2) is 18.3 Å². The Morgan fingerprint density at radius 2 is 2.09 bits per heavy atom. The molecule has 0 aliphatic heterocycles. The molecular formula is C5H7BN2O2Ti. The van der Waals surface area contributed by atoms with Gasteiger partial charge in [-0.05, 0) is 6.07 Å². The van der Waals surface area contributed by atoms with Crippen molar-refractivity contribution in [1.82, 2.24) is 4.98 Å². The summed E-state index contributed by atoms with van der Waals surface area (Å²) in [5, 5.41) is 17.3. The smallest absolute Gasteiger partial charge is 0.423 e. The Labute approximate surface area is 79.5 Å². The van der Waals surface area contributed by atoms with Crippen molar-refractivity contribution in [3.05, 3.63) is 18.3 Å². The maximum Gasteiger partial charge on any atom is 0.492 e. The van der Waals surface area contributed by atoms with E-state index < -0.39 is 7.12 Å². The number of nitrogen functional groups attached to an aromatic ring is 1. The molecule has 0 unspecified atom stereocenters. The van der Waals surface area contributed by atoms with Gasteiger partial charge in [0, 0.05) is 33.4 Å². The first kappa shape index (κ1) is 10.6. The minimum absolute atomic E-state index is 0. The summed E-state index contributed by atoms with van der Waals surface area (Å²) in [7, 11) is -1.53. The fourth-order valence-corrected chi connectivity index (χ4v) is 0.648. The molecule has 56 valence electrons. The van der Waals surface area contributed by atoms with E-state index in [0.717, 1.165) is 0 Å². The van der Waals surface area contributed by atoms with Crippen molar-refractivity contribution in [3.8, 4) is 0 Å². The van der Waals surface area contributed by atoms with Crippen molar-refractivity contribution in [2.75, 3.05) is 5.73 Å². The zero-order valence-electron chi connectivity index (χ0n) is 5.73. The van der Waals surface area contributed by atoms with E-state index in [0.29, 0.717) is 0 Å². The van der Waals surface area contributed by atoms with Gasteiger partial charge in [-0.2, -0.15) is 0 Å². The topological polar surface area (TPSA) is 79.4 Å². The number of rotatable bonds is 1. The van der Waals surface area contributed by atoms with Crippen molar-refractivity contribution in [2.45, 2.75) is 0 Å². The first-order valence-electron chi connectivity index (χ1n) is 2.78. The Balaban J connectivity index is 0.000001000. The van der Waals surface area contributed by atoms with Crippen molar-refractivity contribution >= 4 is 18.4 Å². The maximum absolute atomic E-state index is 8.64. The second-order valence-corrected chi connectivity index (χ2v) is 1.85. The largest absolute Gasteiger partial charge is 0.492 e. The third kappa shape index (κ3) is 2.63. The Bertz CT molecular complexity index is 233. The van der Waals surface area contributed by atoms with Gasteiger partial charge in [-0.25, -0.2) is 4.98 Å². The Hall–Kier alpha value is -0.351. The molecular weight excluding hydrogens is 179 g/mol. The van der Waals surface area contributed by atoms with Crippen LogP contribution in [-0.2, 0) is 21.7 Å². The number of pyridine rings is 1. The minimum Gasteiger partial charge on any atom is -0.423 e. The van der Waals surface area contributed by atoms with E-state index >= 15 is 0 Å². The quantitative estimate of drug-likeness (QED) is 0.458. The molecule has 0 fully saturated rings. The second-order valence-electron chi connectivity index (χ2n) is 1.85. The van der Waals surface area contributed by atoms with E-state index in [1.807, 2.05) is 0 Å². The zero-order valence-corrected chi connectivity index (χ0v) is 7.29. The van der Waals surface area contributed by atoms with Gasteiger partial charge < -0.3 is 15.8 Å². The number of anilines is 1. The summed E-state index contributed by atoms with van der Waals surface area (Å²) in [6.45, 7) is 0. The number of aromatic nitrogens is 1. The average molecular weight is 186 g/mol. The van der Waals surface area contributed by atoms with Crippen LogP contribution in [0.3, 0.4) is 0 Å². The molecule has 1 heterocycles. The number of nitrogens with zero attached hydrogens (tertiary/aromatic N) is 1. The minimum atomic E-state index is -1.53. The molecule has 4 N–H and O–H groups in total. The molecule has 0 radical (unpaired) electrons. The summed E-state index contributed by atoms with van der Waals surface area (Å²) >= 11 is 0. The summed E-state index contributed by atoms with van der Waals surface area (Å²) in [6, 6.07) is 3.10. The molecule has 0 aliphatic rings. The Kier molecular flexibility index (Phi) is 4.37. The van der Waals surface area contributed by atoms with Crippen LogP contribution in [0.25, 0.3) is 0 Å². The van der Waals surface area contributed by atoms with Gasteiger partial charge in [0.1, 0.15) is 5.82 Å². The Morgan fingerprint density at radius 1 is 1.45 bits per heavy atom. The molecule has 0 amide bonds. The SMILES string of the molecule is Nc1ncccc1B(O)O.[Ti]. The van der Waals surface area contributed by atoms with E-state index in [2.05, 4.69) is 4.98 Å². The van der Waals surface area contributed by atoms with E-state index in [9.17, 15) is 0 Å². The molecule has 0 bridgehead atoms. The zero-order chi connectivity index (χ0) is 7.56. The van der Waals surface area contributed by atoms with Gasteiger partial charge in [0.15, 0.2) is 0 Å². The second kappa shape index (κ2) is 4.51. The van der Waals surface area contributed by atoms with Gasteiger partial charge in [-0.15, -0.1) is 0 Å². The van der Waals surface area contributed by atoms with Gasteiger partial charge in [-0.1, -0.05) is 6.07 Å². The van der Waals surface area contributed by atoms with Crippen LogP contribution in [0.4, 0.5) is 5.82 Å². The standard InChI is InChI=1S/C5H7BN2O2.Ti/c7-5-4(6(9)10)2-1-3-8-5;/h1-3,9-10H,(H2,7,8);. The van der Waals surface area contributed by atoms with E-state index in [1.54, 1.807) is 6.07 Å². The summed E-state index contributed by atoms with van der Waals surface area (Å²) in [5.74, 6) is 0.150. The molecule has 1 rings (SSSR count). The van der Waals surface area contributed by atoms with Crippen molar-refractivity contribution in [3.63, 3.8) is 0 Å². The predicted octanol–water partition coefficient (Wildman–Crippen LogP) is -1.66. The number of hydrogen-bond donors (Lipinski definition) is 3.